The highest BCUT2D eigenvalue weighted by Gasteiger charge is 2.26. The van der Waals surface area contributed by atoms with Gasteiger partial charge in [0.25, 0.3) is 0 Å². The minimum atomic E-state index is -0.394. The molecule has 2 aromatic rings. The maximum atomic E-state index is 13.0. The number of hydrogen-bond donors (Lipinski definition) is 1. The lowest BCUT2D eigenvalue weighted by Gasteiger charge is -1.97. The van der Waals surface area contributed by atoms with E-state index in [1.165, 1.54) is 12.1 Å². The van der Waals surface area contributed by atoms with Crippen LogP contribution in [0.5, 0.6) is 0 Å². The molecule has 5 nitrogen and oxygen atoms in total. The standard InChI is InChI=1S/C12H10FN3O2/c13-8-3-1-2-7(6-8)11-15-16-12(18-11)10(17)14-9-4-5-9/h1-3,6,9H,4-5H2,(H,14,17). The average molecular weight is 247 g/mol. The van der Waals surface area contributed by atoms with Gasteiger partial charge in [0, 0.05) is 11.6 Å². The molecule has 0 bridgehead atoms. The first-order chi connectivity index (χ1) is 8.72. The van der Waals surface area contributed by atoms with Crippen molar-refractivity contribution in [3.8, 4) is 11.5 Å². The van der Waals surface area contributed by atoms with Crippen molar-refractivity contribution in [3.05, 3.63) is 36.0 Å². The molecule has 1 aromatic carbocycles. The highest BCUT2D eigenvalue weighted by atomic mass is 19.1. The second-order valence-electron chi connectivity index (χ2n) is 4.17. The molecule has 0 spiro atoms. The first-order valence-electron chi connectivity index (χ1n) is 5.63. The molecule has 1 aliphatic rings. The van der Waals surface area contributed by atoms with Gasteiger partial charge in [-0.05, 0) is 31.0 Å². The van der Waals surface area contributed by atoms with Crippen LogP contribution in [0.3, 0.4) is 0 Å². The summed E-state index contributed by atoms with van der Waals surface area (Å²) < 4.78 is 18.2. The number of rotatable bonds is 3. The fourth-order valence-electron chi connectivity index (χ4n) is 1.53. The number of amides is 1. The third-order valence-corrected chi connectivity index (χ3v) is 2.60. The van der Waals surface area contributed by atoms with Crippen LogP contribution in [0.1, 0.15) is 23.5 Å². The van der Waals surface area contributed by atoms with E-state index in [-0.39, 0.29) is 23.7 Å². The smallest absolute Gasteiger partial charge is 0.309 e. The Morgan fingerprint density at radius 2 is 2.22 bits per heavy atom. The van der Waals surface area contributed by atoms with E-state index in [9.17, 15) is 9.18 Å². The van der Waals surface area contributed by atoms with Crippen LogP contribution in [-0.4, -0.2) is 22.1 Å². The zero-order valence-corrected chi connectivity index (χ0v) is 9.39. The summed E-state index contributed by atoms with van der Waals surface area (Å²) in [6.07, 6.45) is 1.97. The number of carbonyl (C=O) groups excluding carboxylic acids is 1. The number of aromatic nitrogens is 2. The van der Waals surface area contributed by atoms with Gasteiger partial charge in [-0.2, -0.15) is 0 Å². The molecule has 0 radical (unpaired) electrons. The fourth-order valence-corrected chi connectivity index (χ4v) is 1.53. The Hall–Kier alpha value is -2.24. The van der Waals surface area contributed by atoms with Gasteiger partial charge in [-0.15, -0.1) is 10.2 Å². The van der Waals surface area contributed by atoms with E-state index in [0.29, 0.717) is 5.56 Å². The summed E-state index contributed by atoms with van der Waals surface area (Å²) in [6, 6.07) is 6.00. The van der Waals surface area contributed by atoms with Crippen molar-refractivity contribution >= 4 is 5.91 Å². The van der Waals surface area contributed by atoms with Crippen LogP contribution < -0.4 is 5.32 Å². The van der Waals surface area contributed by atoms with Crippen LogP contribution in [0.4, 0.5) is 4.39 Å². The second kappa shape index (κ2) is 4.21. The molecule has 1 aliphatic carbocycles. The molecule has 6 heteroatoms. The number of nitrogens with one attached hydrogen (secondary N) is 1. The number of benzene rings is 1. The number of hydrogen-bond acceptors (Lipinski definition) is 4. The number of nitrogens with zero attached hydrogens (tertiary/aromatic N) is 2. The first-order valence-corrected chi connectivity index (χ1v) is 5.63. The molecule has 92 valence electrons. The Labute approximate surface area is 102 Å². The first kappa shape index (κ1) is 10.9. The average Bonchev–Trinajstić information content (AvgIpc) is 3.03. The molecular weight excluding hydrogens is 237 g/mol. The van der Waals surface area contributed by atoms with E-state index in [1.807, 2.05) is 0 Å². The summed E-state index contributed by atoms with van der Waals surface area (Å²) in [5, 5.41) is 10.1. The lowest BCUT2D eigenvalue weighted by Crippen LogP contribution is -2.25. The number of halogens is 1. The fraction of sp³-hybridized carbons (Fsp3) is 0.250. The molecular formula is C12H10FN3O2. The van der Waals surface area contributed by atoms with Gasteiger partial charge in [0.05, 0.1) is 0 Å². The molecule has 1 amide bonds. The topological polar surface area (TPSA) is 68.0 Å². The molecule has 0 saturated heterocycles. The van der Waals surface area contributed by atoms with E-state index in [2.05, 4.69) is 15.5 Å². The van der Waals surface area contributed by atoms with Crippen molar-refractivity contribution in [1.82, 2.24) is 15.5 Å². The van der Waals surface area contributed by atoms with Crippen molar-refractivity contribution in [2.24, 2.45) is 0 Å². The molecule has 1 N–H and O–H groups in total. The SMILES string of the molecule is O=C(NC1CC1)c1nnc(-c2cccc(F)c2)o1. The van der Waals surface area contributed by atoms with Crippen molar-refractivity contribution in [1.29, 1.82) is 0 Å². The maximum absolute atomic E-state index is 13.0. The van der Waals surface area contributed by atoms with Gasteiger partial charge in [-0.25, -0.2) is 4.39 Å². The summed E-state index contributed by atoms with van der Waals surface area (Å²) in [6.45, 7) is 0. The van der Waals surface area contributed by atoms with Crippen LogP contribution in [0.2, 0.25) is 0 Å². The second-order valence-corrected chi connectivity index (χ2v) is 4.17. The minimum absolute atomic E-state index is 0.0961. The summed E-state index contributed by atoms with van der Waals surface area (Å²) in [5.74, 6) is -0.737. The predicted molar refractivity (Wildman–Crippen MR) is 60.2 cm³/mol. The van der Waals surface area contributed by atoms with Gasteiger partial charge < -0.3 is 9.73 Å². The van der Waals surface area contributed by atoms with E-state index in [1.54, 1.807) is 12.1 Å². The van der Waals surface area contributed by atoms with Gasteiger partial charge in [0.15, 0.2) is 0 Å². The summed E-state index contributed by atoms with van der Waals surface area (Å²) >= 11 is 0. The van der Waals surface area contributed by atoms with Gasteiger partial charge in [-0.1, -0.05) is 6.07 Å². The van der Waals surface area contributed by atoms with Crippen LogP contribution in [-0.2, 0) is 0 Å². The normalized spacial score (nSPS) is 14.5. The summed E-state index contributed by atoms with van der Waals surface area (Å²) in [5.41, 5.74) is 0.452. The van der Waals surface area contributed by atoms with Crippen molar-refractivity contribution in [2.45, 2.75) is 18.9 Å². The molecule has 0 atom stereocenters. The van der Waals surface area contributed by atoms with Gasteiger partial charge in [0.2, 0.25) is 5.89 Å². The Kier molecular flexibility index (Phi) is 2.55. The largest absolute Gasteiger partial charge is 0.412 e. The van der Waals surface area contributed by atoms with E-state index in [0.717, 1.165) is 12.8 Å². The van der Waals surface area contributed by atoms with E-state index in [4.69, 9.17) is 4.42 Å². The Morgan fingerprint density at radius 3 is 2.94 bits per heavy atom. The quantitative estimate of drug-likeness (QED) is 0.897. The number of carbonyl (C=O) groups is 1. The molecule has 1 saturated carbocycles. The predicted octanol–water partition coefficient (Wildman–Crippen LogP) is 1.77. The van der Waals surface area contributed by atoms with Gasteiger partial charge in [0.1, 0.15) is 5.82 Å². The Balaban J connectivity index is 1.82. The lowest BCUT2D eigenvalue weighted by atomic mass is 10.2. The summed E-state index contributed by atoms with van der Waals surface area (Å²) in [7, 11) is 0. The Morgan fingerprint density at radius 1 is 1.39 bits per heavy atom. The molecule has 0 aliphatic heterocycles. The Bertz CT molecular complexity index is 593. The third-order valence-electron chi connectivity index (χ3n) is 2.60. The summed E-state index contributed by atoms with van der Waals surface area (Å²) in [4.78, 5) is 11.6. The van der Waals surface area contributed by atoms with E-state index >= 15 is 0 Å². The zero-order chi connectivity index (χ0) is 12.5. The zero-order valence-electron chi connectivity index (χ0n) is 9.39. The minimum Gasteiger partial charge on any atom is -0.412 e. The molecule has 18 heavy (non-hydrogen) atoms. The van der Waals surface area contributed by atoms with Gasteiger partial charge >= 0.3 is 11.8 Å². The van der Waals surface area contributed by atoms with Crippen LogP contribution >= 0.6 is 0 Å². The monoisotopic (exact) mass is 247 g/mol. The van der Waals surface area contributed by atoms with E-state index < -0.39 is 5.82 Å². The highest BCUT2D eigenvalue weighted by molar-refractivity contribution is 5.90. The van der Waals surface area contributed by atoms with Crippen molar-refractivity contribution in [2.75, 3.05) is 0 Å². The third kappa shape index (κ3) is 2.22. The lowest BCUT2D eigenvalue weighted by molar-refractivity contribution is 0.0917. The molecule has 3 rings (SSSR count). The maximum Gasteiger partial charge on any atom is 0.309 e. The highest BCUT2D eigenvalue weighted by Crippen LogP contribution is 2.21. The van der Waals surface area contributed by atoms with Crippen molar-refractivity contribution in [3.63, 3.8) is 0 Å². The molecule has 0 unspecified atom stereocenters. The van der Waals surface area contributed by atoms with Crippen molar-refractivity contribution < 1.29 is 13.6 Å². The van der Waals surface area contributed by atoms with Crippen LogP contribution in [0.25, 0.3) is 11.5 Å². The molecule has 1 aromatic heterocycles. The molecule has 1 heterocycles. The van der Waals surface area contributed by atoms with Crippen LogP contribution in [0.15, 0.2) is 28.7 Å². The van der Waals surface area contributed by atoms with Crippen LogP contribution in [0, 0.1) is 5.82 Å². The molecule has 1 fully saturated rings. The van der Waals surface area contributed by atoms with Gasteiger partial charge in [-0.3, -0.25) is 4.79 Å².